The summed E-state index contributed by atoms with van der Waals surface area (Å²) in [5, 5.41) is 5.09. The van der Waals surface area contributed by atoms with Crippen molar-refractivity contribution in [2.45, 2.75) is 13.0 Å². The van der Waals surface area contributed by atoms with Crippen molar-refractivity contribution in [3.63, 3.8) is 0 Å². The molecule has 0 saturated carbocycles. The predicted octanol–water partition coefficient (Wildman–Crippen LogP) is 3.33. The van der Waals surface area contributed by atoms with Gasteiger partial charge in [0.15, 0.2) is 11.9 Å². The Kier molecular flexibility index (Phi) is 4.21. The van der Waals surface area contributed by atoms with Gasteiger partial charge in [-0.3, -0.25) is 4.79 Å². The van der Waals surface area contributed by atoms with E-state index in [0.717, 1.165) is 11.4 Å². The fourth-order valence-corrected chi connectivity index (χ4v) is 3.40. The molecule has 0 fully saturated rings. The van der Waals surface area contributed by atoms with Crippen LogP contribution in [0.25, 0.3) is 11.4 Å². The summed E-state index contributed by atoms with van der Waals surface area (Å²) in [4.78, 5) is 19.7. The van der Waals surface area contributed by atoms with Crippen molar-refractivity contribution in [1.29, 1.82) is 0 Å². The number of benzene rings is 1. The van der Waals surface area contributed by atoms with Gasteiger partial charge >= 0.3 is 0 Å². The molecule has 0 spiro atoms. The molecular weight excluding hydrogens is 345 g/mol. The maximum Gasteiger partial charge on any atom is 0.230 e. The first kappa shape index (κ1) is 15.8. The molecule has 2 N–H and O–H groups in total. The lowest BCUT2D eigenvalue weighted by atomic mass is 10.1. The van der Waals surface area contributed by atoms with Crippen molar-refractivity contribution in [1.82, 2.24) is 9.97 Å². The van der Waals surface area contributed by atoms with E-state index in [1.54, 1.807) is 0 Å². The topological polar surface area (TPSA) is 76.2 Å². The van der Waals surface area contributed by atoms with Crippen LogP contribution >= 0.6 is 11.3 Å². The van der Waals surface area contributed by atoms with E-state index in [1.807, 2.05) is 23.7 Å². The fourth-order valence-electron chi connectivity index (χ4n) is 2.67. The second-order valence-electron chi connectivity index (χ2n) is 5.51. The molecular formula is C17H14FN3O3S. The number of carbonyl (C=O) groups is 1. The SMILES string of the molecule is O=C(Cc1cc(F)cc2c1OCOC2)Nc1nc(-c2ccc[nH]2)cs1. The molecule has 0 bridgehead atoms. The number of ether oxygens (including phenoxy) is 2. The van der Waals surface area contributed by atoms with Crippen LogP contribution in [0, 0.1) is 5.82 Å². The van der Waals surface area contributed by atoms with Crippen LogP contribution in [-0.2, 0) is 22.6 Å². The first-order chi connectivity index (χ1) is 12.2. The average Bonchev–Trinajstić information content (AvgIpc) is 3.25. The van der Waals surface area contributed by atoms with Crippen LogP contribution in [0.4, 0.5) is 9.52 Å². The summed E-state index contributed by atoms with van der Waals surface area (Å²) < 4.78 is 24.3. The van der Waals surface area contributed by atoms with Crippen molar-refractivity contribution < 1.29 is 18.7 Å². The van der Waals surface area contributed by atoms with E-state index in [4.69, 9.17) is 9.47 Å². The number of nitrogens with one attached hydrogen (secondary N) is 2. The molecule has 0 aliphatic carbocycles. The maximum absolute atomic E-state index is 13.7. The second-order valence-corrected chi connectivity index (χ2v) is 6.37. The van der Waals surface area contributed by atoms with Crippen molar-refractivity contribution in [2.75, 3.05) is 12.1 Å². The number of aromatic amines is 1. The Hall–Kier alpha value is -2.71. The Balaban J connectivity index is 1.49. The van der Waals surface area contributed by atoms with Crippen LogP contribution in [0.3, 0.4) is 0 Å². The summed E-state index contributed by atoms with van der Waals surface area (Å²) in [6, 6.07) is 6.46. The third kappa shape index (κ3) is 3.40. The molecule has 128 valence electrons. The second kappa shape index (κ2) is 6.66. The average molecular weight is 359 g/mol. The zero-order chi connectivity index (χ0) is 17.2. The summed E-state index contributed by atoms with van der Waals surface area (Å²) in [7, 11) is 0. The van der Waals surface area contributed by atoms with Gasteiger partial charge in [-0.1, -0.05) is 0 Å². The lowest BCUT2D eigenvalue weighted by Crippen LogP contribution is -2.18. The molecule has 8 heteroatoms. The van der Waals surface area contributed by atoms with Crippen LogP contribution < -0.4 is 10.1 Å². The summed E-state index contributed by atoms with van der Waals surface area (Å²) in [6.07, 6.45) is 1.81. The van der Waals surface area contributed by atoms with Crippen molar-refractivity contribution in [3.05, 3.63) is 52.8 Å². The van der Waals surface area contributed by atoms with Gasteiger partial charge in [-0.2, -0.15) is 0 Å². The quantitative estimate of drug-likeness (QED) is 0.749. The van der Waals surface area contributed by atoms with E-state index >= 15 is 0 Å². The normalized spacial score (nSPS) is 13.2. The van der Waals surface area contributed by atoms with Gasteiger partial charge in [0.05, 0.1) is 24.4 Å². The van der Waals surface area contributed by atoms with E-state index in [0.29, 0.717) is 22.0 Å². The van der Waals surface area contributed by atoms with E-state index < -0.39 is 5.82 Å². The number of amides is 1. The van der Waals surface area contributed by atoms with Crippen LogP contribution in [0.15, 0.2) is 35.8 Å². The van der Waals surface area contributed by atoms with Crippen molar-refractivity contribution in [2.24, 2.45) is 0 Å². The number of fused-ring (bicyclic) bond motifs is 1. The molecule has 4 rings (SSSR count). The third-order valence-electron chi connectivity index (χ3n) is 3.73. The summed E-state index contributed by atoms with van der Waals surface area (Å²) >= 11 is 1.33. The lowest BCUT2D eigenvalue weighted by Gasteiger charge is -2.20. The van der Waals surface area contributed by atoms with E-state index in [2.05, 4.69) is 15.3 Å². The standard InChI is InChI=1S/C17H14FN3O3S/c18-12-4-10(16-11(5-12)7-23-9-24-16)6-15(22)21-17-20-14(8-25-17)13-2-1-3-19-13/h1-5,8,19H,6-7,9H2,(H,20,21,22). The van der Waals surface area contributed by atoms with Crippen molar-refractivity contribution in [3.8, 4) is 17.1 Å². The lowest BCUT2D eigenvalue weighted by molar-refractivity contribution is -0.115. The molecule has 3 aromatic rings. The minimum atomic E-state index is -0.418. The maximum atomic E-state index is 13.7. The van der Waals surface area contributed by atoms with Gasteiger partial charge in [-0.25, -0.2) is 9.37 Å². The van der Waals surface area contributed by atoms with E-state index in [1.165, 1.54) is 23.5 Å². The predicted molar refractivity (Wildman–Crippen MR) is 90.9 cm³/mol. The monoisotopic (exact) mass is 359 g/mol. The Bertz CT molecular complexity index is 908. The first-order valence-electron chi connectivity index (χ1n) is 7.60. The summed E-state index contributed by atoms with van der Waals surface area (Å²) in [5.74, 6) is -0.178. The van der Waals surface area contributed by atoms with Gasteiger partial charge in [-0.05, 0) is 24.3 Å². The molecule has 0 atom stereocenters. The highest BCUT2D eigenvalue weighted by molar-refractivity contribution is 7.14. The highest BCUT2D eigenvalue weighted by Gasteiger charge is 2.19. The zero-order valence-electron chi connectivity index (χ0n) is 13.0. The van der Waals surface area contributed by atoms with Gasteiger partial charge < -0.3 is 19.8 Å². The molecule has 3 heterocycles. The van der Waals surface area contributed by atoms with Crippen LogP contribution in [0.5, 0.6) is 5.75 Å². The molecule has 2 aromatic heterocycles. The number of carbonyl (C=O) groups excluding carboxylic acids is 1. The molecule has 1 aliphatic rings. The van der Waals surface area contributed by atoms with Gasteiger partial charge in [0, 0.05) is 22.7 Å². The number of aromatic nitrogens is 2. The number of halogens is 1. The van der Waals surface area contributed by atoms with Gasteiger partial charge in [0.2, 0.25) is 5.91 Å². The Labute approximate surface area is 146 Å². The van der Waals surface area contributed by atoms with E-state index in [9.17, 15) is 9.18 Å². The molecule has 0 radical (unpaired) electrons. The minimum absolute atomic E-state index is 0.00247. The van der Waals surface area contributed by atoms with Crippen LogP contribution in [-0.4, -0.2) is 22.7 Å². The largest absolute Gasteiger partial charge is 0.467 e. The first-order valence-corrected chi connectivity index (χ1v) is 8.48. The number of hydrogen-bond donors (Lipinski definition) is 2. The highest BCUT2D eigenvalue weighted by atomic mass is 32.1. The molecule has 1 amide bonds. The molecule has 0 unspecified atom stereocenters. The number of rotatable bonds is 4. The third-order valence-corrected chi connectivity index (χ3v) is 4.48. The number of anilines is 1. The zero-order valence-corrected chi connectivity index (χ0v) is 13.9. The van der Waals surface area contributed by atoms with Crippen LogP contribution in [0.1, 0.15) is 11.1 Å². The molecule has 0 saturated heterocycles. The Morgan fingerprint density at radius 2 is 2.36 bits per heavy atom. The Morgan fingerprint density at radius 3 is 3.20 bits per heavy atom. The molecule has 25 heavy (non-hydrogen) atoms. The van der Waals surface area contributed by atoms with Crippen LogP contribution in [0.2, 0.25) is 0 Å². The number of hydrogen-bond acceptors (Lipinski definition) is 5. The fraction of sp³-hybridized carbons (Fsp3) is 0.176. The minimum Gasteiger partial charge on any atom is -0.467 e. The van der Waals surface area contributed by atoms with Crippen molar-refractivity contribution >= 4 is 22.4 Å². The van der Waals surface area contributed by atoms with Gasteiger partial charge in [0.25, 0.3) is 0 Å². The smallest absolute Gasteiger partial charge is 0.230 e. The highest BCUT2D eigenvalue weighted by Crippen LogP contribution is 2.30. The molecule has 1 aromatic carbocycles. The summed E-state index contributed by atoms with van der Waals surface area (Å²) in [5.41, 5.74) is 2.74. The summed E-state index contributed by atoms with van der Waals surface area (Å²) in [6.45, 7) is 0.368. The van der Waals surface area contributed by atoms with Gasteiger partial charge in [0.1, 0.15) is 11.6 Å². The number of nitrogens with zero attached hydrogens (tertiary/aromatic N) is 1. The molecule has 6 nitrogen and oxygen atoms in total. The van der Waals surface area contributed by atoms with Gasteiger partial charge in [-0.15, -0.1) is 11.3 Å². The Morgan fingerprint density at radius 1 is 1.44 bits per heavy atom. The number of thiazole rings is 1. The number of H-pyrrole nitrogens is 1. The van der Waals surface area contributed by atoms with E-state index in [-0.39, 0.29) is 25.7 Å². The molecule has 1 aliphatic heterocycles.